The molecule has 0 aromatic carbocycles. The van der Waals surface area contributed by atoms with E-state index in [9.17, 15) is 0 Å². The van der Waals surface area contributed by atoms with Crippen LogP contribution in [0.15, 0.2) is 4.99 Å². The lowest BCUT2D eigenvalue weighted by Crippen LogP contribution is -2.42. The summed E-state index contributed by atoms with van der Waals surface area (Å²) in [5, 5.41) is 3.38. The Morgan fingerprint density at radius 3 is 2.44 bits per heavy atom. The van der Waals surface area contributed by atoms with Crippen molar-refractivity contribution in [2.24, 2.45) is 16.6 Å². The second kappa shape index (κ2) is 6.41. The third kappa shape index (κ3) is 4.16. The Morgan fingerprint density at radius 2 is 1.89 bits per heavy atom. The van der Waals surface area contributed by atoms with Gasteiger partial charge in [0.25, 0.3) is 0 Å². The maximum atomic E-state index is 5.99. The summed E-state index contributed by atoms with van der Waals surface area (Å²) >= 11 is 0. The summed E-state index contributed by atoms with van der Waals surface area (Å²) in [6.07, 6.45) is 9.23. The number of hydrogen-bond donors (Lipinski definition) is 2. The predicted octanol–water partition coefficient (Wildman–Crippen LogP) is 1.56. The van der Waals surface area contributed by atoms with Crippen LogP contribution >= 0.6 is 0 Å². The van der Waals surface area contributed by atoms with E-state index >= 15 is 0 Å². The number of guanidine groups is 1. The van der Waals surface area contributed by atoms with Crippen LogP contribution in [0, 0.1) is 5.92 Å². The van der Waals surface area contributed by atoms with Crippen molar-refractivity contribution < 1.29 is 0 Å². The Hall–Kier alpha value is -0.770. The first-order valence-electron chi connectivity index (χ1n) is 7.39. The Morgan fingerprint density at radius 1 is 1.22 bits per heavy atom. The minimum Gasteiger partial charge on any atom is -0.370 e. The van der Waals surface area contributed by atoms with Crippen LogP contribution in [-0.2, 0) is 0 Å². The molecule has 1 unspecified atom stereocenters. The van der Waals surface area contributed by atoms with Crippen LogP contribution in [0.5, 0.6) is 0 Å². The van der Waals surface area contributed by atoms with E-state index in [1.165, 1.54) is 44.9 Å². The molecule has 4 heteroatoms. The highest BCUT2D eigenvalue weighted by atomic mass is 15.2. The maximum Gasteiger partial charge on any atom is 0.188 e. The number of aliphatic imine (C=N–C) groups is 1. The number of likely N-dealkylation sites (N-methyl/N-ethyl adjacent to an activating group) is 1. The Bertz CT molecular complexity index is 276. The summed E-state index contributed by atoms with van der Waals surface area (Å²) < 4.78 is 0. The number of nitrogens with two attached hydrogens (primary N) is 1. The summed E-state index contributed by atoms with van der Waals surface area (Å²) in [6, 6.07) is 1.12. The minimum absolute atomic E-state index is 0.557. The van der Waals surface area contributed by atoms with Gasteiger partial charge in [-0.2, -0.15) is 0 Å². The topological polar surface area (TPSA) is 53.6 Å². The van der Waals surface area contributed by atoms with Crippen LogP contribution in [-0.4, -0.2) is 43.6 Å². The summed E-state index contributed by atoms with van der Waals surface area (Å²) in [7, 11) is 4.28. The average Bonchev–Trinajstić information content (AvgIpc) is 3.14. The van der Waals surface area contributed by atoms with Gasteiger partial charge < -0.3 is 16.0 Å². The Balaban J connectivity index is 1.76. The third-order valence-electron chi connectivity index (χ3n) is 4.24. The van der Waals surface area contributed by atoms with Gasteiger partial charge in [0.15, 0.2) is 5.96 Å². The van der Waals surface area contributed by atoms with Crippen LogP contribution < -0.4 is 11.1 Å². The highest BCUT2D eigenvalue weighted by Crippen LogP contribution is 2.34. The van der Waals surface area contributed by atoms with Gasteiger partial charge in [0.2, 0.25) is 0 Å². The van der Waals surface area contributed by atoms with Crippen molar-refractivity contribution in [2.45, 2.75) is 57.0 Å². The van der Waals surface area contributed by atoms with Crippen molar-refractivity contribution in [3.05, 3.63) is 0 Å². The van der Waals surface area contributed by atoms with Crippen LogP contribution in [0.1, 0.15) is 44.9 Å². The van der Waals surface area contributed by atoms with Crippen LogP contribution in [0.2, 0.25) is 0 Å². The van der Waals surface area contributed by atoms with Gasteiger partial charge in [-0.3, -0.25) is 4.99 Å². The number of nitrogens with zero attached hydrogens (tertiary/aromatic N) is 2. The third-order valence-corrected chi connectivity index (χ3v) is 4.24. The van der Waals surface area contributed by atoms with Crippen molar-refractivity contribution in [3.8, 4) is 0 Å². The molecule has 0 bridgehead atoms. The molecule has 2 saturated carbocycles. The fraction of sp³-hybridized carbons (Fsp3) is 0.929. The summed E-state index contributed by atoms with van der Waals surface area (Å²) in [5.41, 5.74) is 5.99. The van der Waals surface area contributed by atoms with Crippen molar-refractivity contribution in [1.29, 1.82) is 0 Å². The van der Waals surface area contributed by atoms with E-state index in [4.69, 9.17) is 5.73 Å². The van der Waals surface area contributed by atoms with Gasteiger partial charge in [-0.05, 0) is 45.7 Å². The zero-order valence-corrected chi connectivity index (χ0v) is 11.9. The van der Waals surface area contributed by atoms with E-state index in [1.807, 2.05) is 0 Å². The number of rotatable bonds is 5. The van der Waals surface area contributed by atoms with Gasteiger partial charge in [0, 0.05) is 12.1 Å². The minimum atomic E-state index is 0.557. The Labute approximate surface area is 111 Å². The quantitative estimate of drug-likeness (QED) is 0.577. The van der Waals surface area contributed by atoms with Crippen molar-refractivity contribution >= 4 is 5.96 Å². The molecule has 0 aromatic heterocycles. The molecule has 2 aliphatic carbocycles. The molecular weight excluding hydrogens is 224 g/mol. The van der Waals surface area contributed by atoms with Gasteiger partial charge in [0.05, 0.1) is 6.54 Å². The molecular formula is C14H28N4. The second-order valence-corrected chi connectivity index (χ2v) is 6.07. The first kappa shape index (κ1) is 13.7. The first-order valence-corrected chi connectivity index (χ1v) is 7.39. The molecule has 3 N–H and O–H groups in total. The van der Waals surface area contributed by atoms with Crippen molar-refractivity contribution in [3.63, 3.8) is 0 Å². The summed E-state index contributed by atoms with van der Waals surface area (Å²) in [4.78, 5) is 6.83. The predicted molar refractivity (Wildman–Crippen MR) is 76.7 cm³/mol. The van der Waals surface area contributed by atoms with Gasteiger partial charge in [-0.15, -0.1) is 0 Å². The lowest BCUT2D eigenvalue weighted by Gasteiger charge is -2.25. The molecule has 1 atom stereocenters. The molecule has 18 heavy (non-hydrogen) atoms. The zero-order chi connectivity index (χ0) is 13.0. The molecule has 2 rings (SSSR count). The van der Waals surface area contributed by atoms with Gasteiger partial charge in [-0.25, -0.2) is 0 Å². The molecule has 0 aliphatic heterocycles. The van der Waals surface area contributed by atoms with E-state index in [-0.39, 0.29) is 0 Å². The molecule has 0 spiro atoms. The summed E-state index contributed by atoms with van der Waals surface area (Å²) in [5.74, 6) is 1.49. The molecule has 2 fully saturated rings. The molecule has 0 amide bonds. The molecule has 0 radical (unpaired) electrons. The smallest absolute Gasteiger partial charge is 0.188 e. The van der Waals surface area contributed by atoms with E-state index in [0.29, 0.717) is 18.0 Å². The lowest BCUT2D eigenvalue weighted by molar-refractivity contribution is 0.271. The average molecular weight is 252 g/mol. The normalized spacial score (nSPS) is 24.3. The summed E-state index contributed by atoms with van der Waals surface area (Å²) in [6.45, 7) is 0.837. The van der Waals surface area contributed by atoms with E-state index in [2.05, 4.69) is 29.3 Å². The van der Waals surface area contributed by atoms with Gasteiger partial charge in [0.1, 0.15) is 0 Å². The SMILES string of the molecule is CN(C)C(CN=C(N)NC1CCCCC1)C1CC1. The zero-order valence-electron chi connectivity index (χ0n) is 11.9. The fourth-order valence-corrected chi connectivity index (χ4v) is 2.91. The number of nitrogens with one attached hydrogen (secondary N) is 1. The molecule has 104 valence electrons. The molecule has 4 nitrogen and oxygen atoms in total. The van der Waals surface area contributed by atoms with Crippen LogP contribution in [0.4, 0.5) is 0 Å². The monoisotopic (exact) mass is 252 g/mol. The second-order valence-electron chi connectivity index (χ2n) is 6.07. The highest BCUT2D eigenvalue weighted by Gasteiger charge is 2.32. The number of hydrogen-bond acceptors (Lipinski definition) is 2. The van der Waals surface area contributed by atoms with E-state index in [1.54, 1.807) is 0 Å². The molecule has 0 saturated heterocycles. The fourth-order valence-electron chi connectivity index (χ4n) is 2.91. The van der Waals surface area contributed by atoms with E-state index in [0.717, 1.165) is 12.5 Å². The molecule has 0 heterocycles. The van der Waals surface area contributed by atoms with Crippen LogP contribution in [0.25, 0.3) is 0 Å². The van der Waals surface area contributed by atoms with Crippen molar-refractivity contribution in [2.75, 3.05) is 20.6 Å². The van der Waals surface area contributed by atoms with E-state index < -0.39 is 0 Å². The maximum absolute atomic E-state index is 5.99. The van der Waals surface area contributed by atoms with Gasteiger partial charge >= 0.3 is 0 Å². The van der Waals surface area contributed by atoms with Gasteiger partial charge in [-0.1, -0.05) is 19.3 Å². The van der Waals surface area contributed by atoms with Crippen molar-refractivity contribution in [1.82, 2.24) is 10.2 Å². The standard InChI is InChI=1S/C14H28N4/c1-18(2)13(11-8-9-11)10-16-14(15)17-12-6-4-3-5-7-12/h11-13H,3-10H2,1-2H3,(H3,15,16,17). The van der Waals surface area contributed by atoms with Crippen LogP contribution in [0.3, 0.4) is 0 Å². The largest absolute Gasteiger partial charge is 0.370 e. The Kier molecular flexibility index (Phi) is 4.87. The molecule has 2 aliphatic rings. The lowest BCUT2D eigenvalue weighted by atomic mass is 9.96. The molecule has 0 aromatic rings. The first-order chi connectivity index (χ1) is 8.66. The highest BCUT2D eigenvalue weighted by molar-refractivity contribution is 5.78.